The lowest BCUT2D eigenvalue weighted by molar-refractivity contribution is 0.0698. The summed E-state index contributed by atoms with van der Waals surface area (Å²) in [5.74, 6) is -1.45. The number of benzene rings is 1. The van der Waals surface area contributed by atoms with Gasteiger partial charge in [0.1, 0.15) is 17.7 Å². The Labute approximate surface area is 114 Å². The molecule has 4 N–H and O–H groups in total. The van der Waals surface area contributed by atoms with Crippen LogP contribution in [0.5, 0.6) is 0 Å². The third kappa shape index (κ3) is 2.40. The summed E-state index contributed by atoms with van der Waals surface area (Å²) < 4.78 is 15.1. The van der Waals surface area contributed by atoms with Gasteiger partial charge in [-0.1, -0.05) is 0 Å². The van der Waals surface area contributed by atoms with Crippen LogP contribution in [0.3, 0.4) is 0 Å². The molecule has 0 fully saturated rings. The molecule has 2 rings (SSSR count). The smallest absolute Gasteiger partial charge is 0.340 e. The van der Waals surface area contributed by atoms with Crippen LogP contribution in [-0.2, 0) is 7.05 Å². The molecule has 0 saturated carbocycles. The normalized spacial score (nSPS) is 12.2. The van der Waals surface area contributed by atoms with Crippen molar-refractivity contribution in [3.05, 3.63) is 35.7 Å². The van der Waals surface area contributed by atoms with Gasteiger partial charge in [-0.25, -0.2) is 9.18 Å². The molecule has 1 heterocycles. The first kappa shape index (κ1) is 13.8. The number of carbonyl (C=O) groups is 1. The molecule has 0 aliphatic carbocycles. The number of aryl methyl sites for hydroxylation is 1. The number of nitrogens with one attached hydrogen (secondary N) is 1. The Morgan fingerprint density at radius 2 is 2.25 bits per heavy atom. The van der Waals surface area contributed by atoms with E-state index >= 15 is 0 Å². The van der Waals surface area contributed by atoms with E-state index in [1.54, 1.807) is 18.5 Å². The second kappa shape index (κ2) is 5.16. The second-order valence-corrected chi connectivity index (χ2v) is 4.35. The van der Waals surface area contributed by atoms with Crippen LogP contribution in [0, 0.1) is 5.82 Å². The standard InChI is InChI=1S/C12H14FN5O2/c1-6(11-17-15-5-18(11)2)16-8-4-3-7(13)10(14)9(8)12(19)20/h3-6,16H,14H2,1-2H3,(H,19,20). The molecule has 1 aromatic heterocycles. The summed E-state index contributed by atoms with van der Waals surface area (Å²) in [4.78, 5) is 11.2. The van der Waals surface area contributed by atoms with Gasteiger partial charge in [0, 0.05) is 7.05 Å². The van der Waals surface area contributed by atoms with Gasteiger partial charge in [-0.3, -0.25) is 0 Å². The molecule has 0 saturated heterocycles. The minimum atomic E-state index is -1.30. The lowest BCUT2D eigenvalue weighted by atomic mass is 10.1. The molecule has 1 atom stereocenters. The molecule has 0 spiro atoms. The topological polar surface area (TPSA) is 106 Å². The zero-order valence-corrected chi connectivity index (χ0v) is 11.0. The zero-order valence-electron chi connectivity index (χ0n) is 11.0. The Morgan fingerprint density at radius 1 is 1.55 bits per heavy atom. The van der Waals surface area contributed by atoms with Crippen molar-refractivity contribution < 1.29 is 14.3 Å². The van der Waals surface area contributed by atoms with Crippen molar-refractivity contribution in [1.29, 1.82) is 0 Å². The maximum Gasteiger partial charge on any atom is 0.340 e. The molecular weight excluding hydrogens is 265 g/mol. The molecule has 1 unspecified atom stereocenters. The van der Waals surface area contributed by atoms with Crippen LogP contribution in [0.25, 0.3) is 0 Å². The molecule has 7 nitrogen and oxygen atoms in total. The summed E-state index contributed by atoms with van der Waals surface area (Å²) in [5, 5.41) is 19.8. The number of nitrogen functional groups attached to an aromatic ring is 1. The molecule has 106 valence electrons. The number of rotatable bonds is 4. The minimum absolute atomic E-state index is 0.229. The monoisotopic (exact) mass is 279 g/mol. The van der Waals surface area contributed by atoms with Crippen molar-refractivity contribution in [1.82, 2.24) is 14.8 Å². The SMILES string of the molecule is CC(Nc1ccc(F)c(N)c1C(=O)O)c1nncn1C. The second-order valence-electron chi connectivity index (χ2n) is 4.35. The molecule has 2 aromatic rings. The fraction of sp³-hybridized carbons (Fsp3) is 0.250. The van der Waals surface area contributed by atoms with Crippen LogP contribution in [0.2, 0.25) is 0 Å². The molecule has 0 aliphatic heterocycles. The van der Waals surface area contributed by atoms with Gasteiger partial charge in [0.05, 0.1) is 17.4 Å². The van der Waals surface area contributed by atoms with E-state index in [2.05, 4.69) is 15.5 Å². The van der Waals surface area contributed by atoms with Gasteiger partial charge in [0.25, 0.3) is 0 Å². The van der Waals surface area contributed by atoms with Crippen LogP contribution >= 0.6 is 0 Å². The fourth-order valence-corrected chi connectivity index (χ4v) is 1.93. The Hall–Kier alpha value is -2.64. The van der Waals surface area contributed by atoms with E-state index in [-0.39, 0.29) is 17.3 Å². The van der Waals surface area contributed by atoms with E-state index in [0.29, 0.717) is 5.82 Å². The van der Waals surface area contributed by atoms with E-state index in [0.717, 1.165) is 6.07 Å². The molecule has 0 amide bonds. The average Bonchev–Trinajstić information content (AvgIpc) is 2.80. The van der Waals surface area contributed by atoms with Crippen molar-refractivity contribution in [3.8, 4) is 0 Å². The first-order valence-corrected chi connectivity index (χ1v) is 5.83. The molecule has 0 bridgehead atoms. The predicted molar refractivity (Wildman–Crippen MR) is 70.8 cm³/mol. The van der Waals surface area contributed by atoms with Gasteiger partial charge < -0.3 is 20.7 Å². The first-order valence-electron chi connectivity index (χ1n) is 5.83. The third-order valence-electron chi connectivity index (χ3n) is 2.91. The third-order valence-corrected chi connectivity index (χ3v) is 2.91. The molecular formula is C12H14FN5O2. The summed E-state index contributed by atoms with van der Waals surface area (Å²) >= 11 is 0. The maximum absolute atomic E-state index is 13.4. The van der Waals surface area contributed by atoms with Gasteiger partial charge >= 0.3 is 5.97 Å². The maximum atomic E-state index is 13.4. The number of aromatic carboxylic acids is 1. The van der Waals surface area contributed by atoms with Crippen LogP contribution in [0.1, 0.15) is 29.1 Å². The summed E-state index contributed by atoms with van der Waals surface area (Å²) in [6.45, 7) is 1.79. The number of carboxylic acid groups (broad SMARTS) is 1. The Kier molecular flexibility index (Phi) is 3.55. The van der Waals surface area contributed by atoms with E-state index < -0.39 is 17.5 Å². The molecule has 20 heavy (non-hydrogen) atoms. The van der Waals surface area contributed by atoms with Gasteiger partial charge in [-0.15, -0.1) is 10.2 Å². The highest BCUT2D eigenvalue weighted by Gasteiger charge is 2.20. The van der Waals surface area contributed by atoms with Crippen molar-refractivity contribution >= 4 is 17.3 Å². The van der Waals surface area contributed by atoms with E-state index in [9.17, 15) is 9.18 Å². The zero-order chi connectivity index (χ0) is 14.9. The van der Waals surface area contributed by atoms with Crippen LogP contribution in [0.15, 0.2) is 18.5 Å². The average molecular weight is 279 g/mol. The number of anilines is 2. The quantitative estimate of drug-likeness (QED) is 0.730. The van der Waals surface area contributed by atoms with Crippen molar-refractivity contribution in [2.75, 3.05) is 11.1 Å². The van der Waals surface area contributed by atoms with Crippen molar-refractivity contribution in [3.63, 3.8) is 0 Å². The van der Waals surface area contributed by atoms with E-state index in [1.165, 1.54) is 12.4 Å². The summed E-state index contributed by atoms with van der Waals surface area (Å²) in [6, 6.07) is 2.14. The predicted octanol–water partition coefficient (Wildman–Crippen LogP) is 1.41. The first-order chi connectivity index (χ1) is 9.41. The van der Waals surface area contributed by atoms with Crippen LogP contribution in [-0.4, -0.2) is 25.8 Å². The molecule has 8 heteroatoms. The van der Waals surface area contributed by atoms with E-state index in [1.807, 2.05) is 0 Å². The highest BCUT2D eigenvalue weighted by molar-refractivity contribution is 6.00. The van der Waals surface area contributed by atoms with Crippen LogP contribution < -0.4 is 11.1 Å². The number of aromatic nitrogens is 3. The fourth-order valence-electron chi connectivity index (χ4n) is 1.93. The van der Waals surface area contributed by atoms with Crippen LogP contribution in [0.4, 0.5) is 15.8 Å². The largest absolute Gasteiger partial charge is 0.478 e. The van der Waals surface area contributed by atoms with Crippen molar-refractivity contribution in [2.45, 2.75) is 13.0 Å². The summed E-state index contributed by atoms with van der Waals surface area (Å²) in [7, 11) is 1.77. The minimum Gasteiger partial charge on any atom is -0.478 e. The highest BCUT2D eigenvalue weighted by atomic mass is 19.1. The number of carboxylic acids is 1. The Balaban J connectivity index is 2.37. The van der Waals surface area contributed by atoms with Gasteiger partial charge in [0.2, 0.25) is 0 Å². The van der Waals surface area contributed by atoms with E-state index in [4.69, 9.17) is 10.8 Å². The Morgan fingerprint density at radius 3 is 2.80 bits per heavy atom. The lowest BCUT2D eigenvalue weighted by Crippen LogP contribution is -2.16. The molecule has 1 aromatic carbocycles. The van der Waals surface area contributed by atoms with Crippen molar-refractivity contribution in [2.24, 2.45) is 7.05 Å². The lowest BCUT2D eigenvalue weighted by Gasteiger charge is -2.17. The Bertz CT molecular complexity index is 655. The number of hydrogen-bond acceptors (Lipinski definition) is 5. The number of halogens is 1. The number of nitrogens with zero attached hydrogens (tertiary/aromatic N) is 3. The van der Waals surface area contributed by atoms with Gasteiger partial charge in [-0.05, 0) is 19.1 Å². The molecule has 0 aliphatic rings. The highest BCUT2D eigenvalue weighted by Crippen LogP contribution is 2.27. The number of nitrogens with two attached hydrogens (primary N) is 1. The summed E-state index contributed by atoms with van der Waals surface area (Å²) in [6.07, 6.45) is 1.53. The molecule has 0 radical (unpaired) electrons. The number of hydrogen-bond donors (Lipinski definition) is 3. The van der Waals surface area contributed by atoms with Gasteiger partial charge in [0.15, 0.2) is 5.82 Å². The summed E-state index contributed by atoms with van der Waals surface area (Å²) in [5.41, 5.74) is 5.02. The van der Waals surface area contributed by atoms with Gasteiger partial charge in [-0.2, -0.15) is 0 Å².